The van der Waals surface area contributed by atoms with Gasteiger partial charge in [-0.05, 0) is 67.6 Å². The number of hydrogen-bond acceptors (Lipinski definition) is 4. The Hall–Kier alpha value is -2.04. The van der Waals surface area contributed by atoms with Crippen molar-refractivity contribution in [2.45, 2.75) is 64.8 Å². The number of aliphatic hydroxyl groups is 1. The summed E-state index contributed by atoms with van der Waals surface area (Å²) in [7, 11) is 0. The summed E-state index contributed by atoms with van der Waals surface area (Å²) in [5.41, 5.74) is 6.20. The second-order valence-corrected chi connectivity index (χ2v) is 7.97. The van der Waals surface area contributed by atoms with Crippen LogP contribution in [0.2, 0.25) is 0 Å². The lowest BCUT2D eigenvalue weighted by Crippen LogP contribution is -2.29. The molecule has 0 radical (unpaired) electrons. The first-order chi connectivity index (χ1) is 13.5. The van der Waals surface area contributed by atoms with E-state index in [2.05, 4.69) is 25.1 Å². The predicted octanol–water partition coefficient (Wildman–Crippen LogP) is 4.52. The van der Waals surface area contributed by atoms with Crippen LogP contribution in [0.4, 0.5) is 0 Å². The van der Waals surface area contributed by atoms with Gasteiger partial charge in [0.15, 0.2) is 0 Å². The van der Waals surface area contributed by atoms with Crippen molar-refractivity contribution < 1.29 is 19.3 Å². The van der Waals surface area contributed by atoms with Crippen LogP contribution in [-0.4, -0.2) is 30.5 Å². The molecule has 3 atom stereocenters. The van der Waals surface area contributed by atoms with Gasteiger partial charge in [-0.25, -0.2) is 0 Å². The molecule has 4 heteroatoms. The fourth-order valence-corrected chi connectivity index (χ4v) is 4.51. The van der Waals surface area contributed by atoms with Crippen LogP contribution in [0.5, 0.6) is 11.5 Å². The van der Waals surface area contributed by atoms with Gasteiger partial charge in [0.25, 0.3) is 0 Å². The maximum atomic E-state index is 10.3. The molecule has 1 N–H and O–H groups in total. The van der Waals surface area contributed by atoms with Crippen molar-refractivity contribution in [1.82, 2.24) is 0 Å². The second kappa shape index (κ2) is 8.14. The van der Waals surface area contributed by atoms with Gasteiger partial charge in [-0.3, -0.25) is 0 Å². The molecule has 0 spiro atoms. The van der Waals surface area contributed by atoms with Gasteiger partial charge < -0.3 is 19.3 Å². The first-order valence-corrected chi connectivity index (χ1v) is 10.4. The molecule has 3 unspecified atom stereocenters. The summed E-state index contributed by atoms with van der Waals surface area (Å²) < 4.78 is 17.8. The third-order valence-electron chi connectivity index (χ3n) is 5.84. The molecule has 2 heterocycles. The van der Waals surface area contributed by atoms with Crippen molar-refractivity contribution in [2.75, 3.05) is 13.2 Å². The van der Waals surface area contributed by atoms with Crippen molar-refractivity contribution >= 4 is 0 Å². The molecule has 0 amide bonds. The number of rotatable bonds is 5. The van der Waals surface area contributed by atoms with E-state index in [4.69, 9.17) is 14.2 Å². The Kier molecular flexibility index (Phi) is 5.61. The summed E-state index contributed by atoms with van der Waals surface area (Å²) in [6.07, 6.45) is 2.85. The van der Waals surface area contributed by atoms with Crippen LogP contribution in [0, 0.1) is 6.92 Å². The predicted molar refractivity (Wildman–Crippen MR) is 109 cm³/mol. The van der Waals surface area contributed by atoms with Crippen LogP contribution >= 0.6 is 0 Å². The summed E-state index contributed by atoms with van der Waals surface area (Å²) in [5, 5.41) is 10.3. The van der Waals surface area contributed by atoms with Gasteiger partial charge >= 0.3 is 0 Å². The zero-order valence-electron chi connectivity index (χ0n) is 17.0. The van der Waals surface area contributed by atoms with Crippen molar-refractivity contribution in [1.29, 1.82) is 0 Å². The van der Waals surface area contributed by atoms with Crippen LogP contribution in [0.25, 0.3) is 0 Å². The van der Waals surface area contributed by atoms with E-state index in [-0.39, 0.29) is 18.3 Å². The molecule has 4 nitrogen and oxygen atoms in total. The number of benzene rings is 2. The number of hydrogen-bond donors (Lipinski definition) is 1. The van der Waals surface area contributed by atoms with Crippen molar-refractivity contribution in [3.63, 3.8) is 0 Å². The molecule has 0 aromatic heterocycles. The molecular formula is C24H30O4. The molecule has 4 rings (SSSR count). The zero-order valence-corrected chi connectivity index (χ0v) is 17.0. The van der Waals surface area contributed by atoms with Gasteiger partial charge in [-0.1, -0.05) is 12.1 Å². The average Bonchev–Trinajstić information content (AvgIpc) is 3.15. The molecule has 2 aromatic rings. The molecule has 1 fully saturated rings. The van der Waals surface area contributed by atoms with Crippen molar-refractivity contribution in [3.8, 4) is 11.5 Å². The monoisotopic (exact) mass is 382 g/mol. The topological polar surface area (TPSA) is 47.9 Å². The van der Waals surface area contributed by atoms with Crippen LogP contribution in [0.1, 0.15) is 60.6 Å². The van der Waals surface area contributed by atoms with Gasteiger partial charge in [-0.15, -0.1) is 0 Å². The smallest absolute Gasteiger partial charge is 0.126 e. The first kappa shape index (κ1) is 19.3. The van der Waals surface area contributed by atoms with Crippen LogP contribution in [0.15, 0.2) is 30.3 Å². The van der Waals surface area contributed by atoms with Gasteiger partial charge in [0.1, 0.15) is 11.5 Å². The number of aliphatic hydroxyl groups excluding tert-OH is 1. The molecule has 0 saturated carbocycles. The molecule has 28 heavy (non-hydrogen) atoms. The highest BCUT2D eigenvalue weighted by molar-refractivity contribution is 5.54. The highest BCUT2D eigenvalue weighted by Gasteiger charge is 2.31. The lowest BCUT2D eigenvalue weighted by atomic mass is 9.88. The van der Waals surface area contributed by atoms with Gasteiger partial charge in [0, 0.05) is 24.8 Å². The van der Waals surface area contributed by atoms with Crippen LogP contribution in [0.3, 0.4) is 0 Å². The van der Waals surface area contributed by atoms with E-state index in [9.17, 15) is 5.11 Å². The molecule has 2 aliphatic heterocycles. The van der Waals surface area contributed by atoms with E-state index >= 15 is 0 Å². The highest BCUT2D eigenvalue weighted by Crippen LogP contribution is 2.41. The normalized spacial score (nSPS) is 23.9. The maximum absolute atomic E-state index is 10.3. The minimum atomic E-state index is -0.299. The van der Waals surface area contributed by atoms with Crippen molar-refractivity contribution in [2.24, 2.45) is 0 Å². The quantitative estimate of drug-likeness (QED) is 0.826. The third-order valence-corrected chi connectivity index (χ3v) is 5.84. The lowest BCUT2D eigenvalue weighted by molar-refractivity contribution is -0.0897. The molecule has 150 valence electrons. The minimum absolute atomic E-state index is 0.0521. The standard InChI is InChI=1S/C24H30O4/c1-4-26-20-7-5-17(6-8-20)12-18-13-22(16(3)21-9-10-27-24(18)21)23-14-19(25)11-15(2)28-23/h5-8,13,15,19,23,25H,4,9-12,14H2,1-3H3. The maximum Gasteiger partial charge on any atom is 0.126 e. The third kappa shape index (κ3) is 3.89. The minimum Gasteiger partial charge on any atom is -0.494 e. The summed E-state index contributed by atoms with van der Waals surface area (Å²) >= 11 is 0. The molecule has 1 saturated heterocycles. The average molecular weight is 383 g/mol. The Morgan fingerprint density at radius 2 is 1.96 bits per heavy atom. The second-order valence-electron chi connectivity index (χ2n) is 7.97. The number of ether oxygens (including phenoxy) is 3. The van der Waals surface area contributed by atoms with E-state index in [1.807, 2.05) is 26.0 Å². The Bertz CT molecular complexity index is 817. The van der Waals surface area contributed by atoms with Gasteiger partial charge in [0.05, 0.1) is 31.5 Å². The van der Waals surface area contributed by atoms with Gasteiger partial charge in [-0.2, -0.15) is 0 Å². The Balaban J connectivity index is 1.66. The largest absolute Gasteiger partial charge is 0.494 e. The van der Waals surface area contributed by atoms with Crippen LogP contribution in [-0.2, 0) is 17.6 Å². The Labute approximate surface area is 167 Å². The van der Waals surface area contributed by atoms with E-state index in [0.717, 1.165) is 30.9 Å². The fraction of sp³-hybridized carbons (Fsp3) is 0.500. The van der Waals surface area contributed by atoms with E-state index in [0.29, 0.717) is 19.4 Å². The zero-order chi connectivity index (χ0) is 19.7. The molecule has 2 aromatic carbocycles. The SMILES string of the molecule is CCOc1ccc(Cc2cc(C3CC(O)CC(C)O3)c(C)c3c2OCC3)cc1. The summed E-state index contributed by atoms with van der Waals surface area (Å²) in [6.45, 7) is 7.61. The van der Waals surface area contributed by atoms with Crippen molar-refractivity contribution in [3.05, 3.63) is 58.1 Å². The number of fused-ring (bicyclic) bond motifs is 1. The lowest BCUT2D eigenvalue weighted by Gasteiger charge is -2.33. The summed E-state index contributed by atoms with van der Waals surface area (Å²) in [5.74, 6) is 1.94. The molecule has 2 aliphatic rings. The summed E-state index contributed by atoms with van der Waals surface area (Å²) in [6, 6.07) is 10.5. The Morgan fingerprint density at radius 1 is 1.18 bits per heavy atom. The van der Waals surface area contributed by atoms with E-state index in [1.54, 1.807) is 0 Å². The van der Waals surface area contributed by atoms with E-state index in [1.165, 1.54) is 27.8 Å². The first-order valence-electron chi connectivity index (χ1n) is 10.4. The highest BCUT2D eigenvalue weighted by atomic mass is 16.5. The van der Waals surface area contributed by atoms with E-state index < -0.39 is 0 Å². The molecule has 0 bridgehead atoms. The fourth-order valence-electron chi connectivity index (χ4n) is 4.51. The molecule has 0 aliphatic carbocycles. The van der Waals surface area contributed by atoms with Crippen LogP contribution < -0.4 is 9.47 Å². The van der Waals surface area contributed by atoms with Gasteiger partial charge in [0.2, 0.25) is 0 Å². The summed E-state index contributed by atoms with van der Waals surface area (Å²) in [4.78, 5) is 0. The Morgan fingerprint density at radius 3 is 2.68 bits per heavy atom. The molecular weight excluding hydrogens is 352 g/mol.